The summed E-state index contributed by atoms with van der Waals surface area (Å²) in [6, 6.07) is 11.9. The molecule has 3 rings (SSSR count). The van der Waals surface area contributed by atoms with Crippen molar-refractivity contribution in [2.75, 3.05) is 10.6 Å². The Morgan fingerprint density at radius 1 is 0.893 bits per heavy atom. The number of amides is 2. The fourth-order valence-electron chi connectivity index (χ4n) is 2.53. The van der Waals surface area contributed by atoms with Crippen molar-refractivity contribution in [3.05, 3.63) is 83.3 Å². The highest BCUT2D eigenvalue weighted by molar-refractivity contribution is 6.07. The lowest BCUT2D eigenvalue weighted by atomic mass is 10.1. The molecular formula is C20H15F3N2O3. The number of nitrogens with one attached hydrogen (secondary N) is 2. The monoisotopic (exact) mass is 388 g/mol. The lowest BCUT2D eigenvalue weighted by Gasteiger charge is -2.11. The first-order chi connectivity index (χ1) is 13.2. The van der Waals surface area contributed by atoms with Gasteiger partial charge in [-0.25, -0.2) is 0 Å². The van der Waals surface area contributed by atoms with E-state index in [4.69, 9.17) is 4.42 Å². The summed E-state index contributed by atoms with van der Waals surface area (Å²) in [5.41, 5.74) is 0.0605. The third kappa shape index (κ3) is 4.40. The van der Waals surface area contributed by atoms with E-state index in [1.807, 2.05) is 0 Å². The van der Waals surface area contributed by atoms with Crippen molar-refractivity contribution in [2.24, 2.45) is 0 Å². The number of hydrogen-bond donors (Lipinski definition) is 2. The minimum absolute atomic E-state index is 0.0169. The number of aryl methyl sites for hydroxylation is 1. The molecule has 0 aliphatic rings. The molecule has 0 radical (unpaired) electrons. The third-order valence-electron chi connectivity index (χ3n) is 3.93. The van der Waals surface area contributed by atoms with Crippen LogP contribution in [-0.2, 0) is 6.18 Å². The summed E-state index contributed by atoms with van der Waals surface area (Å²) in [5.74, 6) is -0.549. The molecule has 2 N–H and O–H groups in total. The molecule has 28 heavy (non-hydrogen) atoms. The Morgan fingerprint density at radius 2 is 1.54 bits per heavy atom. The molecule has 8 heteroatoms. The van der Waals surface area contributed by atoms with Gasteiger partial charge in [0.05, 0.1) is 17.4 Å². The summed E-state index contributed by atoms with van der Waals surface area (Å²) in [5, 5.41) is 5.07. The largest absolute Gasteiger partial charge is 0.469 e. The van der Waals surface area contributed by atoms with Crippen LogP contribution in [0, 0.1) is 6.92 Å². The highest BCUT2D eigenvalue weighted by Crippen LogP contribution is 2.30. The topological polar surface area (TPSA) is 71.3 Å². The Bertz CT molecular complexity index is 1030. The van der Waals surface area contributed by atoms with Crippen LogP contribution >= 0.6 is 0 Å². The van der Waals surface area contributed by atoms with Crippen LogP contribution in [0.1, 0.15) is 32.0 Å². The highest BCUT2D eigenvalue weighted by atomic mass is 19.4. The van der Waals surface area contributed by atoms with Crippen molar-refractivity contribution in [2.45, 2.75) is 13.1 Å². The van der Waals surface area contributed by atoms with Crippen molar-refractivity contribution in [3.63, 3.8) is 0 Å². The normalized spacial score (nSPS) is 11.1. The maximum Gasteiger partial charge on any atom is 0.416 e. The van der Waals surface area contributed by atoms with Crippen LogP contribution in [-0.4, -0.2) is 11.8 Å². The SMILES string of the molecule is Cc1occc1C(=O)Nc1cccc(C(=O)Nc2cccc(C(F)(F)F)c2)c1. The van der Waals surface area contributed by atoms with Gasteiger partial charge >= 0.3 is 6.18 Å². The first-order valence-corrected chi connectivity index (χ1v) is 8.18. The lowest BCUT2D eigenvalue weighted by molar-refractivity contribution is -0.137. The molecular weight excluding hydrogens is 373 g/mol. The molecule has 0 unspecified atom stereocenters. The molecule has 144 valence electrons. The molecule has 3 aromatic rings. The number of carbonyl (C=O) groups excluding carboxylic acids is 2. The number of benzene rings is 2. The van der Waals surface area contributed by atoms with E-state index < -0.39 is 23.6 Å². The minimum Gasteiger partial charge on any atom is -0.469 e. The summed E-state index contributed by atoms with van der Waals surface area (Å²) >= 11 is 0. The average Bonchev–Trinajstić information content (AvgIpc) is 3.07. The van der Waals surface area contributed by atoms with Gasteiger partial charge in [-0.15, -0.1) is 0 Å². The molecule has 0 aliphatic heterocycles. The molecule has 1 aromatic heterocycles. The molecule has 0 aliphatic carbocycles. The molecule has 2 amide bonds. The van der Waals surface area contributed by atoms with Gasteiger partial charge in [-0.3, -0.25) is 9.59 Å². The van der Waals surface area contributed by atoms with E-state index in [2.05, 4.69) is 10.6 Å². The van der Waals surface area contributed by atoms with Gasteiger partial charge in [0.15, 0.2) is 0 Å². The number of rotatable bonds is 4. The van der Waals surface area contributed by atoms with Crippen LogP contribution in [0.3, 0.4) is 0 Å². The standard InChI is InChI=1S/C20H15F3N2O3/c1-12-17(8-9-28-12)19(27)25-15-6-2-4-13(10-15)18(26)24-16-7-3-5-14(11-16)20(21,22)23/h2-11H,1H3,(H,24,26)(H,25,27). The van der Waals surface area contributed by atoms with E-state index in [0.29, 0.717) is 17.0 Å². The second-order valence-electron chi connectivity index (χ2n) is 5.96. The second-order valence-corrected chi connectivity index (χ2v) is 5.96. The first-order valence-electron chi connectivity index (χ1n) is 8.18. The Kier molecular flexibility index (Phi) is 5.21. The zero-order valence-corrected chi connectivity index (χ0v) is 14.6. The Hall–Kier alpha value is -3.55. The van der Waals surface area contributed by atoms with E-state index in [-0.39, 0.29) is 11.3 Å². The summed E-state index contributed by atoms with van der Waals surface area (Å²) in [7, 11) is 0. The molecule has 2 aromatic carbocycles. The number of alkyl halides is 3. The number of anilines is 2. The second kappa shape index (κ2) is 7.59. The van der Waals surface area contributed by atoms with Crippen molar-refractivity contribution in [3.8, 4) is 0 Å². The number of halogens is 3. The van der Waals surface area contributed by atoms with Gasteiger partial charge in [-0.05, 0) is 49.4 Å². The predicted molar refractivity (Wildman–Crippen MR) is 97.2 cm³/mol. The van der Waals surface area contributed by atoms with E-state index in [1.54, 1.807) is 19.1 Å². The molecule has 5 nitrogen and oxygen atoms in total. The Balaban J connectivity index is 1.74. The smallest absolute Gasteiger partial charge is 0.416 e. The van der Waals surface area contributed by atoms with E-state index in [0.717, 1.165) is 12.1 Å². The molecule has 0 atom stereocenters. The molecule has 0 saturated heterocycles. The number of hydrogen-bond acceptors (Lipinski definition) is 3. The fraction of sp³-hybridized carbons (Fsp3) is 0.100. The van der Waals surface area contributed by atoms with Crippen LogP contribution in [0.2, 0.25) is 0 Å². The predicted octanol–water partition coefficient (Wildman–Crippen LogP) is 5.11. The zero-order chi connectivity index (χ0) is 20.3. The van der Waals surface area contributed by atoms with Crippen LogP contribution in [0.25, 0.3) is 0 Å². The van der Waals surface area contributed by atoms with Crippen molar-refractivity contribution in [1.29, 1.82) is 0 Å². The summed E-state index contributed by atoms with van der Waals surface area (Å²) < 4.78 is 43.4. The highest BCUT2D eigenvalue weighted by Gasteiger charge is 2.30. The maximum absolute atomic E-state index is 12.8. The van der Waals surface area contributed by atoms with Crippen LogP contribution in [0.4, 0.5) is 24.5 Å². The minimum atomic E-state index is -4.50. The summed E-state index contributed by atoms with van der Waals surface area (Å²) in [4.78, 5) is 24.6. The zero-order valence-electron chi connectivity index (χ0n) is 14.6. The maximum atomic E-state index is 12.8. The van der Waals surface area contributed by atoms with Crippen LogP contribution in [0.5, 0.6) is 0 Å². The van der Waals surface area contributed by atoms with E-state index in [1.165, 1.54) is 36.6 Å². The lowest BCUT2D eigenvalue weighted by Crippen LogP contribution is -2.15. The van der Waals surface area contributed by atoms with Gasteiger partial charge in [-0.2, -0.15) is 13.2 Å². The van der Waals surface area contributed by atoms with Crippen molar-refractivity contribution in [1.82, 2.24) is 0 Å². The average molecular weight is 388 g/mol. The van der Waals surface area contributed by atoms with Crippen molar-refractivity contribution < 1.29 is 27.2 Å². The van der Waals surface area contributed by atoms with Gasteiger partial charge in [-0.1, -0.05) is 12.1 Å². The van der Waals surface area contributed by atoms with Gasteiger partial charge in [0.2, 0.25) is 0 Å². The Labute approximate surface area is 158 Å². The van der Waals surface area contributed by atoms with Gasteiger partial charge in [0.25, 0.3) is 11.8 Å². The molecule has 0 fully saturated rings. The number of furan rings is 1. The summed E-state index contributed by atoms with van der Waals surface area (Å²) in [6.07, 6.45) is -3.11. The van der Waals surface area contributed by atoms with Gasteiger partial charge < -0.3 is 15.1 Å². The first kappa shape index (κ1) is 19.2. The van der Waals surface area contributed by atoms with Crippen molar-refractivity contribution >= 4 is 23.2 Å². The van der Waals surface area contributed by atoms with Gasteiger partial charge in [0.1, 0.15) is 5.76 Å². The molecule has 0 spiro atoms. The van der Waals surface area contributed by atoms with Crippen LogP contribution < -0.4 is 10.6 Å². The number of carbonyl (C=O) groups is 2. The fourth-order valence-corrected chi connectivity index (χ4v) is 2.53. The molecule has 1 heterocycles. The van der Waals surface area contributed by atoms with Crippen LogP contribution in [0.15, 0.2) is 65.3 Å². The molecule has 0 saturated carbocycles. The van der Waals surface area contributed by atoms with E-state index in [9.17, 15) is 22.8 Å². The summed E-state index contributed by atoms with van der Waals surface area (Å²) in [6.45, 7) is 1.65. The quantitative estimate of drug-likeness (QED) is 0.652. The van der Waals surface area contributed by atoms with Gasteiger partial charge in [0, 0.05) is 16.9 Å². The molecule has 0 bridgehead atoms. The third-order valence-corrected chi connectivity index (χ3v) is 3.93. The van der Waals surface area contributed by atoms with E-state index >= 15 is 0 Å². The Morgan fingerprint density at radius 3 is 2.18 bits per heavy atom.